The highest BCUT2D eigenvalue weighted by molar-refractivity contribution is 6.60. The quantitative estimate of drug-likeness (QED) is 0.123. The highest BCUT2D eigenvalue weighted by Gasteiger charge is 2.52. The van der Waals surface area contributed by atoms with Crippen LogP contribution in [0.1, 0.15) is 78.6 Å². The van der Waals surface area contributed by atoms with E-state index in [-0.39, 0.29) is 18.2 Å². The first kappa shape index (κ1) is 26.5. The van der Waals surface area contributed by atoms with Crippen LogP contribution in [0, 0.1) is 0 Å². The lowest BCUT2D eigenvalue weighted by Crippen LogP contribution is -2.67. The molecule has 0 saturated carbocycles. The largest absolute Gasteiger partial charge is 0.502 e. The summed E-state index contributed by atoms with van der Waals surface area (Å²) in [4.78, 5) is 11.4. The van der Waals surface area contributed by atoms with Crippen LogP contribution in [0.4, 0.5) is 0 Å². The molecule has 3 aliphatic heterocycles. The van der Waals surface area contributed by atoms with Gasteiger partial charge in [0.05, 0.1) is 32.0 Å². The molecular formula is C24H46NO5Si+. The van der Waals surface area contributed by atoms with Gasteiger partial charge < -0.3 is 22.5 Å². The highest BCUT2D eigenvalue weighted by atomic mass is 28.4. The first-order valence-corrected chi connectivity index (χ1v) is 14.6. The zero-order valence-corrected chi connectivity index (χ0v) is 21.2. The molecule has 180 valence electrons. The van der Waals surface area contributed by atoms with E-state index in [1.54, 1.807) is 0 Å². The molecule has 7 heteroatoms. The molecular weight excluding hydrogens is 410 g/mol. The fourth-order valence-corrected chi connectivity index (χ4v) is 7.81. The number of carbonyl (C=O) groups is 1. The van der Waals surface area contributed by atoms with Crippen LogP contribution in [0.3, 0.4) is 0 Å². The number of hydrogen-bond acceptors (Lipinski definition) is 5. The average molecular weight is 457 g/mol. The maximum absolute atomic E-state index is 11.4. The van der Waals surface area contributed by atoms with Crippen LogP contribution in [0.15, 0.2) is 12.7 Å². The molecule has 0 aromatic rings. The van der Waals surface area contributed by atoms with Gasteiger partial charge in [-0.25, -0.2) is 4.79 Å². The van der Waals surface area contributed by atoms with Gasteiger partial charge in [-0.2, -0.15) is 0 Å². The van der Waals surface area contributed by atoms with Gasteiger partial charge in [0.1, 0.15) is 19.6 Å². The van der Waals surface area contributed by atoms with Crippen molar-refractivity contribution in [2.24, 2.45) is 0 Å². The van der Waals surface area contributed by atoms with Crippen LogP contribution < -0.4 is 0 Å². The molecule has 0 radical (unpaired) electrons. The first-order chi connectivity index (χ1) is 15.0. The second-order valence-electron chi connectivity index (χ2n) is 9.28. The van der Waals surface area contributed by atoms with E-state index in [1.807, 2.05) is 0 Å². The Morgan fingerprint density at radius 1 is 1.03 bits per heavy atom. The van der Waals surface area contributed by atoms with Crippen molar-refractivity contribution in [3.8, 4) is 0 Å². The molecule has 3 heterocycles. The van der Waals surface area contributed by atoms with Gasteiger partial charge in [-0.1, -0.05) is 59.5 Å². The van der Waals surface area contributed by atoms with Gasteiger partial charge in [0.15, 0.2) is 0 Å². The van der Waals surface area contributed by atoms with E-state index in [4.69, 9.17) is 18.0 Å². The summed E-state index contributed by atoms with van der Waals surface area (Å²) < 4.78 is 26.4. The molecule has 6 nitrogen and oxygen atoms in total. The molecule has 3 fully saturated rings. The summed E-state index contributed by atoms with van der Waals surface area (Å²) in [7, 11) is -2.83. The number of unbranched alkanes of at least 4 members (excludes halogenated alkanes) is 3. The number of carbonyl (C=O) groups excluding carboxylic acids is 1. The Hall–Kier alpha value is -0.733. The minimum absolute atomic E-state index is 0.187. The third-order valence-corrected chi connectivity index (χ3v) is 9.54. The van der Waals surface area contributed by atoms with Crippen molar-refractivity contribution in [2.75, 3.05) is 39.4 Å². The van der Waals surface area contributed by atoms with Gasteiger partial charge in [0.25, 0.3) is 0 Å². The Labute approximate surface area is 191 Å². The summed E-state index contributed by atoms with van der Waals surface area (Å²) in [5.74, 6) is -0.378. The predicted molar refractivity (Wildman–Crippen MR) is 126 cm³/mol. The topological polar surface area (TPSA) is 54.0 Å². The van der Waals surface area contributed by atoms with E-state index >= 15 is 0 Å². The Balaban J connectivity index is 2.20. The van der Waals surface area contributed by atoms with Gasteiger partial charge in [0.2, 0.25) is 0 Å². The fourth-order valence-electron chi connectivity index (χ4n) is 4.86. The Morgan fingerprint density at radius 3 is 2.19 bits per heavy atom. The van der Waals surface area contributed by atoms with Crippen LogP contribution in [0.25, 0.3) is 0 Å². The molecule has 0 amide bonds. The maximum atomic E-state index is 11.4. The maximum Gasteiger partial charge on any atom is 0.502 e. The zero-order valence-electron chi connectivity index (χ0n) is 20.2. The van der Waals surface area contributed by atoms with Gasteiger partial charge in [-0.15, -0.1) is 0 Å². The van der Waals surface area contributed by atoms with E-state index in [1.165, 1.54) is 51.1 Å². The number of quaternary nitrogens is 1. The van der Waals surface area contributed by atoms with Crippen LogP contribution >= 0.6 is 0 Å². The Morgan fingerprint density at radius 2 is 1.65 bits per heavy atom. The first-order valence-electron chi connectivity index (χ1n) is 12.6. The van der Waals surface area contributed by atoms with Crippen LogP contribution in [-0.4, -0.2) is 70.9 Å². The van der Waals surface area contributed by atoms with Crippen molar-refractivity contribution in [3.63, 3.8) is 0 Å². The molecule has 2 unspecified atom stereocenters. The standard InChI is InChI=1S/C24H46NO5Si/c1-5-9-13-22-20-25(15-11-7-3)16-18-28-31(29-22,19-12-17-27-24(26)8-4)30-23(21-25)14-10-6-2/h8,22-23H,4-7,9-21H2,1-3H3/q+1. The summed E-state index contributed by atoms with van der Waals surface area (Å²) in [5, 5.41) is 0. The average Bonchev–Trinajstić information content (AvgIpc) is 2.74. The smallest absolute Gasteiger partial charge is 0.463 e. The second kappa shape index (κ2) is 13.7. The molecule has 0 aromatic carbocycles. The minimum atomic E-state index is -2.83. The van der Waals surface area contributed by atoms with E-state index in [0.29, 0.717) is 25.7 Å². The van der Waals surface area contributed by atoms with Crippen LogP contribution in [0.2, 0.25) is 6.04 Å². The molecule has 31 heavy (non-hydrogen) atoms. The number of rotatable bonds is 14. The molecule has 3 aliphatic rings. The minimum Gasteiger partial charge on any atom is -0.463 e. The molecule has 0 aliphatic carbocycles. The molecule has 0 aromatic heterocycles. The number of hydrogen-bond donors (Lipinski definition) is 0. The number of esters is 1. The van der Waals surface area contributed by atoms with Gasteiger partial charge in [-0.05, 0) is 25.7 Å². The van der Waals surface area contributed by atoms with Gasteiger partial charge in [0, 0.05) is 12.1 Å². The summed E-state index contributed by atoms with van der Waals surface area (Å²) >= 11 is 0. The predicted octanol–water partition coefficient (Wildman–Crippen LogP) is 4.86. The number of ether oxygens (including phenoxy) is 1. The van der Waals surface area contributed by atoms with E-state index in [0.717, 1.165) is 37.0 Å². The van der Waals surface area contributed by atoms with Crippen molar-refractivity contribution in [1.82, 2.24) is 0 Å². The van der Waals surface area contributed by atoms with E-state index < -0.39 is 8.80 Å². The molecule has 3 rings (SSSR count). The van der Waals surface area contributed by atoms with E-state index in [2.05, 4.69) is 27.4 Å². The van der Waals surface area contributed by atoms with Gasteiger partial charge in [-0.3, -0.25) is 0 Å². The lowest BCUT2D eigenvalue weighted by atomic mass is 10.1. The Bertz CT molecular complexity index is 524. The zero-order chi connectivity index (χ0) is 22.6. The fraction of sp³-hybridized carbons (Fsp3) is 0.875. The highest BCUT2D eigenvalue weighted by Crippen LogP contribution is 2.33. The van der Waals surface area contributed by atoms with Crippen molar-refractivity contribution in [2.45, 2.75) is 96.8 Å². The second-order valence-corrected chi connectivity index (χ2v) is 11.9. The molecule has 2 atom stereocenters. The van der Waals surface area contributed by atoms with Crippen molar-refractivity contribution in [1.29, 1.82) is 0 Å². The number of fused-ring (bicyclic) bond motifs is 6. The molecule has 0 N–H and O–H groups in total. The van der Waals surface area contributed by atoms with Crippen LogP contribution in [0.5, 0.6) is 0 Å². The van der Waals surface area contributed by atoms with Crippen molar-refractivity contribution < 1.29 is 27.3 Å². The number of nitrogens with zero attached hydrogens (tertiary/aromatic N) is 1. The third kappa shape index (κ3) is 8.61. The summed E-state index contributed by atoms with van der Waals surface area (Å²) in [6.07, 6.45) is 11.5. The van der Waals surface area contributed by atoms with Gasteiger partial charge >= 0.3 is 14.8 Å². The third-order valence-electron chi connectivity index (χ3n) is 6.55. The summed E-state index contributed by atoms with van der Waals surface area (Å²) in [5.41, 5.74) is 0. The summed E-state index contributed by atoms with van der Waals surface area (Å²) in [6.45, 7) is 15.7. The molecule has 0 spiro atoms. The van der Waals surface area contributed by atoms with E-state index in [9.17, 15) is 4.79 Å². The van der Waals surface area contributed by atoms with Crippen molar-refractivity contribution >= 4 is 14.8 Å². The molecule has 3 saturated heterocycles. The normalized spacial score (nSPS) is 30.9. The lowest BCUT2D eigenvalue weighted by Gasteiger charge is -2.50. The summed E-state index contributed by atoms with van der Waals surface area (Å²) in [6, 6.07) is 0.706. The lowest BCUT2D eigenvalue weighted by molar-refractivity contribution is -0.936. The SMILES string of the molecule is C=CC(=O)OCCC[Si]12OCC[N+](CCCC)(CC(CCCC)O1)CC(CCCC)O2. The Kier molecular flexibility index (Phi) is 11.7. The van der Waals surface area contributed by atoms with Crippen LogP contribution in [-0.2, 0) is 22.8 Å². The van der Waals surface area contributed by atoms with Crippen molar-refractivity contribution in [3.05, 3.63) is 12.7 Å². The monoisotopic (exact) mass is 456 g/mol. The molecule has 2 bridgehead atoms.